The number of carboxylic acids is 1. The van der Waals surface area contributed by atoms with E-state index in [0.717, 1.165) is 16.2 Å². The first-order valence-corrected chi connectivity index (χ1v) is 13.4. The smallest absolute Gasteiger partial charge is 0.425 e. The van der Waals surface area contributed by atoms with Crippen molar-refractivity contribution in [2.75, 3.05) is 23.8 Å². The molecule has 1 unspecified atom stereocenters. The van der Waals surface area contributed by atoms with Crippen LogP contribution in [0.3, 0.4) is 0 Å². The molecule has 36 heavy (non-hydrogen) atoms. The molecule has 4 heterocycles. The number of amides is 2. The Morgan fingerprint density at radius 1 is 1.39 bits per heavy atom. The van der Waals surface area contributed by atoms with Gasteiger partial charge < -0.3 is 21.0 Å². The van der Waals surface area contributed by atoms with Crippen LogP contribution >= 0.6 is 46.2 Å². The lowest BCUT2D eigenvalue weighted by atomic mass is 10.0. The molecule has 2 amide bonds. The zero-order valence-electron chi connectivity index (χ0n) is 17.6. The van der Waals surface area contributed by atoms with Crippen molar-refractivity contribution in [1.29, 1.82) is 0 Å². The molecule has 0 saturated carbocycles. The Hall–Kier alpha value is -2.90. The summed E-state index contributed by atoms with van der Waals surface area (Å²) in [5.74, 6) is -2.47. The van der Waals surface area contributed by atoms with Crippen LogP contribution in [-0.2, 0) is 19.2 Å². The molecule has 1 fully saturated rings. The molecule has 4 rings (SSSR count). The Bertz CT molecular complexity index is 1230. The Labute approximate surface area is 216 Å². The third kappa shape index (κ3) is 5.73. The Morgan fingerprint density at radius 3 is 2.78 bits per heavy atom. The fourth-order valence-corrected chi connectivity index (χ4v) is 6.67. The van der Waals surface area contributed by atoms with E-state index in [-0.39, 0.29) is 28.0 Å². The number of halogens is 3. The minimum atomic E-state index is -4.69. The molecule has 1 saturated heterocycles. The number of carbonyl (C=O) groups excluding carboxylic acids is 2. The zero-order valence-corrected chi connectivity index (χ0v) is 20.9. The number of anilines is 1. The van der Waals surface area contributed by atoms with E-state index in [9.17, 15) is 32.7 Å². The van der Waals surface area contributed by atoms with Crippen LogP contribution in [0.1, 0.15) is 5.69 Å². The summed E-state index contributed by atoms with van der Waals surface area (Å²) < 4.78 is 38.0. The van der Waals surface area contributed by atoms with E-state index in [1.807, 2.05) is 0 Å². The highest BCUT2D eigenvalue weighted by Crippen LogP contribution is 2.41. The molecular weight excluding hydrogens is 567 g/mol. The molecule has 192 valence electrons. The fraction of sp³-hybridized carbons (Fsp3) is 0.353. The highest BCUT2D eigenvalue weighted by atomic mass is 32.2. The first kappa shape index (κ1) is 26.2. The number of alkyl halides is 3. The highest BCUT2D eigenvalue weighted by molar-refractivity contribution is 8.01. The topological polar surface area (TPSA) is 173 Å². The van der Waals surface area contributed by atoms with Gasteiger partial charge in [0.15, 0.2) is 15.2 Å². The van der Waals surface area contributed by atoms with Gasteiger partial charge in [-0.2, -0.15) is 13.2 Å². The number of thioether (sulfide) groups is 2. The van der Waals surface area contributed by atoms with Crippen LogP contribution in [0.15, 0.2) is 31.7 Å². The normalized spacial score (nSPS) is 20.1. The van der Waals surface area contributed by atoms with Crippen LogP contribution in [0.2, 0.25) is 0 Å². The quantitative estimate of drug-likeness (QED) is 0.169. The van der Waals surface area contributed by atoms with Crippen LogP contribution < -0.4 is 11.1 Å². The third-order valence-electron chi connectivity index (χ3n) is 4.61. The largest absolute Gasteiger partial charge is 0.477 e. The van der Waals surface area contributed by atoms with Gasteiger partial charge in [0.25, 0.3) is 11.8 Å². The molecule has 0 spiro atoms. The van der Waals surface area contributed by atoms with Crippen molar-refractivity contribution in [3.63, 3.8) is 0 Å². The second-order valence-electron chi connectivity index (χ2n) is 7.01. The maximum atomic E-state index is 12.9. The van der Waals surface area contributed by atoms with Gasteiger partial charge in [0, 0.05) is 16.9 Å². The SMILES string of the molecule is Nc1nc(/C(=N/OCC(F)(F)F)C(=O)NC2C(=O)N3C(C(=O)O)=C(CSc4nncs4)CS[C@H]23)cs1. The minimum Gasteiger partial charge on any atom is -0.477 e. The first-order chi connectivity index (χ1) is 17.0. The van der Waals surface area contributed by atoms with Gasteiger partial charge >= 0.3 is 12.1 Å². The number of carboxylic acid groups (broad SMARTS) is 1. The Kier molecular flexibility index (Phi) is 7.71. The van der Waals surface area contributed by atoms with Crippen LogP contribution in [0.5, 0.6) is 0 Å². The molecule has 2 aliphatic rings. The van der Waals surface area contributed by atoms with Gasteiger partial charge in [-0.15, -0.1) is 33.3 Å². The molecule has 2 atom stereocenters. The maximum absolute atomic E-state index is 12.9. The van der Waals surface area contributed by atoms with E-state index in [2.05, 4.69) is 30.5 Å². The molecule has 4 N–H and O–H groups in total. The average molecular weight is 582 g/mol. The van der Waals surface area contributed by atoms with Gasteiger partial charge in [0.05, 0.1) is 0 Å². The van der Waals surface area contributed by atoms with Crippen molar-refractivity contribution < 1.29 is 37.5 Å². The van der Waals surface area contributed by atoms with E-state index in [0.29, 0.717) is 9.91 Å². The molecule has 0 radical (unpaired) electrons. The summed E-state index contributed by atoms with van der Waals surface area (Å²) in [6.45, 7) is -1.75. The number of aliphatic carboxylic acids is 1. The summed E-state index contributed by atoms with van der Waals surface area (Å²) >= 11 is 4.74. The standard InChI is InChI=1S/C17H14F3N7O5S4/c18-17(19,20)4-32-26-8(7-3-34-15(21)23-7)11(28)24-9-12(29)27-10(14(30)31)6(1-33-13(9)27)2-35-16-25-22-5-36-16/h3,5,9,13H,1-2,4H2,(H2,21,23)(H,24,28)(H,30,31)/b26-8-/t9?,13-/m1/s1. The minimum absolute atomic E-state index is 0.0326. The summed E-state index contributed by atoms with van der Waals surface area (Å²) in [6, 6.07) is -1.14. The Balaban J connectivity index is 1.49. The van der Waals surface area contributed by atoms with Gasteiger partial charge in [-0.3, -0.25) is 14.5 Å². The fourth-order valence-electron chi connectivity index (χ4n) is 3.15. The van der Waals surface area contributed by atoms with Crippen LogP contribution in [-0.4, -0.2) is 84.4 Å². The van der Waals surface area contributed by atoms with Crippen LogP contribution in [0.4, 0.5) is 18.3 Å². The number of oxime groups is 1. The molecule has 19 heteroatoms. The van der Waals surface area contributed by atoms with Crippen LogP contribution in [0, 0.1) is 0 Å². The summed E-state index contributed by atoms with van der Waals surface area (Å²) in [5.41, 5.74) is 6.66. The summed E-state index contributed by atoms with van der Waals surface area (Å²) in [4.78, 5) is 46.8. The summed E-state index contributed by atoms with van der Waals surface area (Å²) in [5, 5.41) is 23.6. The first-order valence-electron chi connectivity index (χ1n) is 9.63. The van der Waals surface area contributed by atoms with Gasteiger partial charge in [-0.05, 0) is 5.57 Å². The van der Waals surface area contributed by atoms with Gasteiger partial charge in [-0.1, -0.05) is 28.3 Å². The lowest BCUT2D eigenvalue weighted by Gasteiger charge is -2.49. The monoisotopic (exact) mass is 581 g/mol. The number of rotatable bonds is 9. The van der Waals surface area contributed by atoms with Crippen LogP contribution in [0.25, 0.3) is 0 Å². The van der Waals surface area contributed by atoms with Gasteiger partial charge in [-0.25, -0.2) is 9.78 Å². The lowest BCUT2D eigenvalue weighted by molar-refractivity contribution is -0.174. The van der Waals surface area contributed by atoms with Crippen molar-refractivity contribution in [3.8, 4) is 0 Å². The number of nitrogens with zero attached hydrogens (tertiary/aromatic N) is 5. The summed E-state index contributed by atoms with van der Waals surface area (Å²) in [6.07, 6.45) is -4.69. The number of β-lactam (4-membered cyclic amide) rings is 1. The number of hydrogen-bond donors (Lipinski definition) is 3. The maximum Gasteiger partial charge on any atom is 0.425 e. The van der Waals surface area contributed by atoms with Gasteiger partial charge in [0.2, 0.25) is 6.61 Å². The lowest BCUT2D eigenvalue weighted by Crippen LogP contribution is -2.71. The molecular formula is C17H14F3N7O5S4. The molecule has 2 aromatic rings. The number of thiazole rings is 1. The Morgan fingerprint density at radius 2 is 2.17 bits per heavy atom. The van der Waals surface area contributed by atoms with E-state index in [1.54, 1.807) is 5.51 Å². The highest BCUT2D eigenvalue weighted by Gasteiger charge is 2.54. The second-order valence-corrected chi connectivity index (χ2v) is 11.1. The molecule has 0 aromatic carbocycles. The van der Waals surface area contributed by atoms with E-state index in [4.69, 9.17) is 5.73 Å². The predicted molar refractivity (Wildman–Crippen MR) is 125 cm³/mol. The number of fused-ring (bicyclic) bond motifs is 1. The number of nitrogen functional groups attached to an aromatic ring is 1. The van der Waals surface area contributed by atoms with Gasteiger partial charge in [0.1, 0.15) is 28.3 Å². The molecule has 12 nitrogen and oxygen atoms in total. The number of nitrogens with one attached hydrogen (secondary N) is 1. The number of carbonyl (C=O) groups is 3. The van der Waals surface area contributed by atoms with Crippen molar-refractivity contribution in [2.24, 2.45) is 5.16 Å². The molecule has 2 aromatic heterocycles. The average Bonchev–Trinajstić information content (AvgIpc) is 3.49. The third-order valence-corrected chi connectivity index (χ3v) is 8.57. The molecule has 0 bridgehead atoms. The number of hydrogen-bond acceptors (Lipinski definition) is 13. The van der Waals surface area contributed by atoms with Crippen molar-refractivity contribution >= 4 is 74.8 Å². The molecule has 0 aliphatic carbocycles. The van der Waals surface area contributed by atoms with E-state index < -0.39 is 47.7 Å². The second kappa shape index (κ2) is 10.6. The van der Waals surface area contributed by atoms with Crippen molar-refractivity contribution in [1.82, 2.24) is 25.4 Å². The van der Waals surface area contributed by atoms with E-state index in [1.165, 1.54) is 40.2 Å². The number of nitrogens with two attached hydrogens (primary N) is 1. The van der Waals surface area contributed by atoms with Crippen molar-refractivity contribution in [3.05, 3.63) is 27.9 Å². The zero-order chi connectivity index (χ0) is 26.0. The van der Waals surface area contributed by atoms with E-state index >= 15 is 0 Å². The predicted octanol–water partition coefficient (Wildman–Crippen LogP) is 1.39. The molecule has 2 aliphatic heterocycles. The summed E-state index contributed by atoms with van der Waals surface area (Å²) in [7, 11) is 0. The van der Waals surface area contributed by atoms with Crippen molar-refractivity contribution in [2.45, 2.75) is 21.9 Å². The number of aromatic nitrogens is 3.